The van der Waals surface area contributed by atoms with Gasteiger partial charge >= 0.3 is 0 Å². The smallest absolute Gasteiger partial charge is 0.242 e. The van der Waals surface area contributed by atoms with Gasteiger partial charge in [-0.25, -0.2) is 8.42 Å². The van der Waals surface area contributed by atoms with Crippen molar-refractivity contribution in [3.05, 3.63) is 48.7 Å². The highest BCUT2D eigenvalue weighted by Crippen LogP contribution is 2.30. The average molecular weight is 530 g/mol. The predicted molar refractivity (Wildman–Crippen MR) is 139 cm³/mol. The van der Waals surface area contributed by atoms with Crippen LogP contribution in [0.2, 0.25) is 0 Å². The molecular formula is C26H31N3O7S. The summed E-state index contributed by atoms with van der Waals surface area (Å²) in [5.74, 6) is -0.789. The van der Waals surface area contributed by atoms with Crippen LogP contribution in [-0.2, 0) is 30.7 Å². The third-order valence-corrected chi connectivity index (χ3v) is 7.80. The molecule has 1 aromatic heterocycles. The second-order valence-electron chi connectivity index (χ2n) is 9.07. The fourth-order valence-corrected chi connectivity index (χ4v) is 5.94. The van der Waals surface area contributed by atoms with E-state index in [1.54, 1.807) is 51.9 Å². The van der Waals surface area contributed by atoms with Gasteiger partial charge in [-0.2, -0.15) is 0 Å². The lowest BCUT2D eigenvalue weighted by Gasteiger charge is -2.35. The first-order chi connectivity index (χ1) is 17.6. The van der Waals surface area contributed by atoms with Crippen LogP contribution >= 0.6 is 0 Å². The summed E-state index contributed by atoms with van der Waals surface area (Å²) in [4.78, 5) is 27.6. The summed E-state index contributed by atoms with van der Waals surface area (Å²) in [7, 11) is -1.12. The highest BCUT2D eigenvalue weighted by molar-refractivity contribution is 7.92. The number of sulfone groups is 1. The number of carbonyl (C=O) groups is 2. The van der Waals surface area contributed by atoms with Crippen LogP contribution in [0.15, 0.2) is 53.6 Å². The predicted octanol–water partition coefficient (Wildman–Crippen LogP) is 2.71. The van der Waals surface area contributed by atoms with Crippen molar-refractivity contribution in [2.75, 3.05) is 38.4 Å². The van der Waals surface area contributed by atoms with Crippen molar-refractivity contribution in [1.82, 2.24) is 9.47 Å². The van der Waals surface area contributed by atoms with Crippen LogP contribution in [0.3, 0.4) is 0 Å². The number of benzene rings is 2. The molecule has 0 spiro atoms. The van der Waals surface area contributed by atoms with E-state index in [1.165, 1.54) is 20.4 Å². The number of ether oxygens (including phenoxy) is 3. The first-order valence-electron chi connectivity index (χ1n) is 11.9. The van der Waals surface area contributed by atoms with E-state index in [2.05, 4.69) is 5.32 Å². The summed E-state index contributed by atoms with van der Waals surface area (Å²) in [6.07, 6.45) is 1.28. The Morgan fingerprint density at radius 2 is 1.76 bits per heavy atom. The van der Waals surface area contributed by atoms with Crippen LogP contribution < -0.4 is 14.8 Å². The Labute approximate surface area is 216 Å². The van der Waals surface area contributed by atoms with Crippen LogP contribution in [-0.4, -0.2) is 75.0 Å². The van der Waals surface area contributed by atoms with Gasteiger partial charge in [-0.15, -0.1) is 0 Å². The molecule has 11 heteroatoms. The number of amides is 2. The Bertz CT molecular complexity index is 1410. The van der Waals surface area contributed by atoms with E-state index in [9.17, 15) is 18.0 Å². The van der Waals surface area contributed by atoms with E-state index in [0.29, 0.717) is 41.2 Å². The first-order valence-corrected chi connectivity index (χ1v) is 13.5. The quantitative estimate of drug-likeness (QED) is 0.477. The topological polar surface area (TPSA) is 116 Å². The Hall–Kier alpha value is -3.57. The number of para-hydroxylation sites is 1. The third-order valence-electron chi connectivity index (χ3n) is 6.17. The van der Waals surface area contributed by atoms with Crippen LogP contribution in [0, 0.1) is 0 Å². The van der Waals surface area contributed by atoms with Crippen LogP contribution in [0.4, 0.5) is 5.69 Å². The molecule has 4 rings (SSSR count). The number of nitrogens with one attached hydrogen (secondary N) is 1. The van der Waals surface area contributed by atoms with Gasteiger partial charge in [0.05, 0.1) is 37.0 Å². The minimum atomic E-state index is -4.05. The Morgan fingerprint density at radius 1 is 1.05 bits per heavy atom. The van der Waals surface area contributed by atoms with Crippen LogP contribution in [0.5, 0.6) is 11.5 Å². The van der Waals surface area contributed by atoms with Gasteiger partial charge in [0, 0.05) is 36.3 Å². The molecule has 1 aliphatic rings. The third kappa shape index (κ3) is 5.89. The molecule has 10 nitrogen and oxygen atoms in total. The number of morpholine rings is 1. The monoisotopic (exact) mass is 529 g/mol. The molecular weight excluding hydrogens is 498 g/mol. The highest BCUT2D eigenvalue weighted by atomic mass is 32.2. The molecule has 198 valence electrons. The molecule has 2 unspecified atom stereocenters. The van der Waals surface area contributed by atoms with Gasteiger partial charge in [-0.1, -0.05) is 18.2 Å². The number of hydrogen-bond donors (Lipinski definition) is 1. The number of hydrogen-bond acceptors (Lipinski definition) is 7. The SMILES string of the molecule is COc1ccc(OC)c(NC(=O)CS(=O)(=O)c2cn(CC(=O)N3CC(C)OC(C)C3)c3ccccc23)c1. The van der Waals surface area contributed by atoms with E-state index >= 15 is 0 Å². The number of rotatable bonds is 8. The molecule has 37 heavy (non-hydrogen) atoms. The fourth-order valence-electron chi connectivity index (χ4n) is 4.57. The Balaban J connectivity index is 1.57. The van der Waals surface area contributed by atoms with E-state index in [-0.39, 0.29) is 29.6 Å². The molecule has 3 aromatic rings. The molecule has 0 radical (unpaired) electrons. The summed E-state index contributed by atoms with van der Waals surface area (Å²) >= 11 is 0. The molecule has 2 heterocycles. The molecule has 2 aromatic carbocycles. The number of aromatic nitrogens is 1. The van der Waals surface area contributed by atoms with Gasteiger partial charge in [0.1, 0.15) is 23.8 Å². The van der Waals surface area contributed by atoms with Gasteiger partial charge in [-0.3, -0.25) is 9.59 Å². The second-order valence-corrected chi connectivity index (χ2v) is 11.0. The number of nitrogens with zero attached hydrogens (tertiary/aromatic N) is 2. The van der Waals surface area contributed by atoms with Crippen LogP contribution in [0.1, 0.15) is 13.8 Å². The summed E-state index contributed by atoms with van der Waals surface area (Å²) in [6, 6.07) is 11.8. The van der Waals surface area contributed by atoms with Crippen molar-refractivity contribution in [3.63, 3.8) is 0 Å². The molecule has 0 bridgehead atoms. The second kappa shape index (κ2) is 10.8. The van der Waals surface area contributed by atoms with Crippen molar-refractivity contribution in [2.24, 2.45) is 0 Å². The molecule has 2 atom stereocenters. The van der Waals surface area contributed by atoms with Crippen molar-refractivity contribution >= 4 is 38.2 Å². The molecule has 2 amide bonds. The fraction of sp³-hybridized carbons (Fsp3) is 0.385. The Morgan fingerprint density at radius 3 is 2.43 bits per heavy atom. The average Bonchev–Trinajstić information content (AvgIpc) is 3.22. The molecule has 0 saturated carbocycles. The molecule has 1 fully saturated rings. The highest BCUT2D eigenvalue weighted by Gasteiger charge is 2.28. The van der Waals surface area contributed by atoms with E-state index in [0.717, 1.165) is 0 Å². The van der Waals surface area contributed by atoms with Crippen molar-refractivity contribution in [3.8, 4) is 11.5 Å². The number of anilines is 1. The van der Waals surface area contributed by atoms with Crippen molar-refractivity contribution < 1.29 is 32.2 Å². The summed E-state index contributed by atoms with van der Waals surface area (Å²) < 4.78 is 44.5. The summed E-state index contributed by atoms with van der Waals surface area (Å²) in [6.45, 7) is 4.75. The summed E-state index contributed by atoms with van der Waals surface area (Å²) in [5.41, 5.74) is 0.891. The lowest BCUT2D eigenvalue weighted by Crippen LogP contribution is -2.49. The first kappa shape index (κ1) is 26.5. The lowest BCUT2D eigenvalue weighted by atomic mass is 10.2. The lowest BCUT2D eigenvalue weighted by molar-refractivity contribution is -0.143. The maximum absolute atomic E-state index is 13.4. The zero-order chi connectivity index (χ0) is 26.7. The van der Waals surface area contributed by atoms with Crippen molar-refractivity contribution in [2.45, 2.75) is 37.5 Å². The van der Waals surface area contributed by atoms with Gasteiger partial charge in [0.2, 0.25) is 11.8 Å². The van der Waals surface area contributed by atoms with E-state index in [4.69, 9.17) is 14.2 Å². The van der Waals surface area contributed by atoms with Gasteiger partial charge in [0.15, 0.2) is 9.84 Å². The standard InChI is InChI=1S/C26H31N3O7S/c1-17-12-29(13-18(2)36-17)26(31)15-28-14-24(20-7-5-6-8-22(20)28)37(32,33)16-25(30)27-21-11-19(34-3)9-10-23(21)35-4/h5-11,14,17-18H,12-13,15-16H2,1-4H3,(H,27,30). The van der Waals surface area contributed by atoms with Crippen molar-refractivity contribution in [1.29, 1.82) is 0 Å². The molecule has 1 N–H and O–H groups in total. The van der Waals surface area contributed by atoms with Crippen LogP contribution in [0.25, 0.3) is 10.9 Å². The summed E-state index contributed by atoms with van der Waals surface area (Å²) in [5, 5.41) is 3.05. The maximum atomic E-state index is 13.4. The minimum absolute atomic E-state index is 0.00706. The maximum Gasteiger partial charge on any atom is 0.242 e. The minimum Gasteiger partial charge on any atom is -0.497 e. The van der Waals surface area contributed by atoms with Gasteiger partial charge in [0.25, 0.3) is 0 Å². The molecule has 1 aliphatic heterocycles. The van der Waals surface area contributed by atoms with Gasteiger partial charge < -0.3 is 29.0 Å². The van der Waals surface area contributed by atoms with E-state index < -0.39 is 21.5 Å². The number of carbonyl (C=O) groups excluding carboxylic acids is 2. The zero-order valence-electron chi connectivity index (χ0n) is 21.3. The largest absolute Gasteiger partial charge is 0.497 e. The zero-order valence-corrected chi connectivity index (χ0v) is 22.1. The van der Waals surface area contributed by atoms with Gasteiger partial charge in [-0.05, 0) is 32.0 Å². The molecule has 0 aliphatic carbocycles. The molecule has 1 saturated heterocycles. The normalized spacial score (nSPS) is 18.0. The van der Waals surface area contributed by atoms with E-state index in [1.807, 2.05) is 13.8 Å². The number of methoxy groups -OCH3 is 2. The Kier molecular flexibility index (Phi) is 7.74. The number of fused-ring (bicyclic) bond motifs is 1.